The van der Waals surface area contributed by atoms with Crippen LogP contribution in [-0.4, -0.2) is 27.8 Å². The van der Waals surface area contributed by atoms with Crippen LogP contribution in [0.2, 0.25) is 0 Å². The minimum absolute atomic E-state index is 0.0732. The molecule has 138 valence electrons. The number of thioether (sulfide) groups is 1. The van der Waals surface area contributed by atoms with Crippen LogP contribution in [0.3, 0.4) is 0 Å². The van der Waals surface area contributed by atoms with Crippen molar-refractivity contribution < 1.29 is 9.53 Å². The maximum Gasteiger partial charge on any atom is 0.254 e. The normalized spacial score (nSPS) is 15.5. The molecule has 0 saturated carbocycles. The number of benzene rings is 1. The molecule has 1 aromatic heterocycles. The number of nitrogens with zero attached hydrogens (tertiary/aromatic N) is 2. The van der Waals surface area contributed by atoms with Gasteiger partial charge in [-0.25, -0.2) is 4.98 Å². The third-order valence-corrected chi connectivity index (χ3v) is 5.23. The van der Waals surface area contributed by atoms with Gasteiger partial charge in [0, 0.05) is 23.9 Å². The van der Waals surface area contributed by atoms with Gasteiger partial charge in [-0.3, -0.25) is 14.2 Å². The van der Waals surface area contributed by atoms with E-state index in [1.807, 2.05) is 31.2 Å². The fourth-order valence-electron chi connectivity index (χ4n) is 3.00. The number of rotatable bonds is 7. The molecule has 2 aromatic rings. The number of carbonyl (C=O) groups is 1. The molecule has 1 aromatic carbocycles. The summed E-state index contributed by atoms with van der Waals surface area (Å²) in [6.45, 7) is 4.49. The van der Waals surface area contributed by atoms with Crippen LogP contribution in [0.25, 0.3) is 0 Å². The largest absolute Gasteiger partial charge is 0.492 e. The average Bonchev–Trinajstić information content (AvgIpc) is 3.00. The lowest BCUT2D eigenvalue weighted by Crippen LogP contribution is -2.27. The lowest BCUT2D eigenvalue weighted by molar-refractivity contribution is -0.116. The summed E-state index contributed by atoms with van der Waals surface area (Å²) in [7, 11) is 0. The van der Waals surface area contributed by atoms with Crippen molar-refractivity contribution in [1.82, 2.24) is 9.55 Å². The van der Waals surface area contributed by atoms with Crippen LogP contribution >= 0.6 is 11.8 Å². The Labute approximate surface area is 157 Å². The first kappa shape index (κ1) is 18.5. The van der Waals surface area contributed by atoms with E-state index in [9.17, 15) is 9.59 Å². The molecule has 3 rings (SSSR count). The predicted molar refractivity (Wildman–Crippen MR) is 103 cm³/mol. The number of para-hydroxylation sites is 2. The SMILES string of the molecule is CCCc1cc(=O)n2c(n1)SCC2CC(=O)Nc1ccccc1OCC. The van der Waals surface area contributed by atoms with Crippen molar-refractivity contribution in [3.63, 3.8) is 0 Å². The first-order valence-corrected chi connectivity index (χ1v) is 9.87. The average molecular weight is 373 g/mol. The van der Waals surface area contributed by atoms with Crippen molar-refractivity contribution in [2.24, 2.45) is 0 Å². The van der Waals surface area contributed by atoms with Crippen LogP contribution in [0.15, 0.2) is 40.3 Å². The summed E-state index contributed by atoms with van der Waals surface area (Å²) < 4.78 is 7.19. The van der Waals surface area contributed by atoms with Gasteiger partial charge >= 0.3 is 0 Å². The highest BCUT2D eigenvalue weighted by atomic mass is 32.2. The second kappa shape index (κ2) is 8.40. The van der Waals surface area contributed by atoms with Gasteiger partial charge in [-0.2, -0.15) is 0 Å². The number of carbonyl (C=O) groups excluding carboxylic acids is 1. The highest BCUT2D eigenvalue weighted by Crippen LogP contribution is 2.33. The van der Waals surface area contributed by atoms with Crippen LogP contribution in [0, 0.1) is 0 Å². The van der Waals surface area contributed by atoms with E-state index in [0.29, 0.717) is 29.0 Å². The molecule has 7 heteroatoms. The minimum Gasteiger partial charge on any atom is -0.492 e. The van der Waals surface area contributed by atoms with Gasteiger partial charge in [0.15, 0.2) is 5.16 Å². The van der Waals surface area contributed by atoms with Crippen LogP contribution in [0.5, 0.6) is 5.75 Å². The van der Waals surface area contributed by atoms with E-state index in [-0.39, 0.29) is 23.9 Å². The summed E-state index contributed by atoms with van der Waals surface area (Å²) in [5, 5.41) is 3.61. The zero-order chi connectivity index (χ0) is 18.5. The minimum atomic E-state index is -0.176. The number of amides is 1. The maximum absolute atomic E-state index is 12.5. The van der Waals surface area contributed by atoms with Gasteiger partial charge in [0.05, 0.1) is 18.3 Å². The van der Waals surface area contributed by atoms with Crippen molar-refractivity contribution >= 4 is 23.4 Å². The molecule has 1 amide bonds. The Morgan fingerprint density at radius 2 is 2.19 bits per heavy atom. The fourth-order valence-corrected chi connectivity index (χ4v) is 4.17. The number of hydrogen-bond acceptors (Lipinski definition) is 5. The number of hydrogen-bond donors (Lipinski definition) is 1. The molecule has 26 heavy (non-hydrogen) atoms. The van der Waals surface area contributed by atoms with E-state index in [1.54, 1.807) is 10.6 Å². The second-order valence-corrected chi connectivity index (χ2v) is 7.12. The van der Waals surface area contributed by atoms with E-state index in [0.717, 1.165) is 18.5 Å². The molecule has 1 aliphatic rings. The summed E-state index contributed by atoms with van der Waals surface area (Å²) in [5.41, 5.74) is 1.40. The second-order valence-electron chi connectivity index (χ2n) is 6.13. The van der Waals surface area contributed by atoms with Gasteiger partial charge in [0.25, 0.3) is 5.56 Å². The summed E-state index contributed by atoms with van der Waals surface area (Å²) in [6, 6.07) is 8.76. The first-order valence-electron chi connectivity index (χ1n) is 8.89. The standard InChI is InChI=1S/C19H23N3O3S/c1-3-7-13-10-18(24)22-14(12-26-19(22)20-13)11-17(23)21-15-8-5-6-9-16(15)25-4-2/h5-6,8-10,14H,3-4,7,11-12H2,1-2H3,(H,21,23). The summed E-state index contributed by atoms with van der Waals surface area (Å²) in [6.07, 6.45) is 1.98. The number of fused-ring (bicyclic) bond motifs is 1. The monoisotopic (exact) mass is 373 g/mol. The lowest BCUT2D eigenvalue weighted by Gasteiger charge is -2.15. The number of aromatic nitrogens is 2. The van der Waals surface area contributed by atoms with Crippen molar-refractivity contribution in [3.05, 3.63) is 46.4 Å². The Kier molecular flexibility index (Phi) is 5.98. The molecule has 1 aliphatic heterocycles. The Morgan fingerprint density at radius 3 is 2.96 bits per heavy atom. The molecule has 0 radical (unpaired) electrons. The molecule has 0 fully saturated rings. The van der Waals surface area contributed by atoms with Gasteiger partial charge in [-0.1, -0.05) is 37.2 Å². The van der Waals surface area contributed by atoms with Gasteiger partial charge < -0.3 is 10.1 Å². The molecule has 2 heterocycles. The highest BCUT2D eigenvalue weighted by molar-refractivity contribution is 7.99. The number of anilines is 1. The number of nitrogens with one attached hydrogen (secondary N) is 1. The fraction of sp³-hybridized carbons (Fsp3) is 0.421. The molecule has 1 atom stereocenters. The van der Waals surface area contributed by atoms with Crippen molar-refractivity contribution in [2.45, 2.75) is 44.3 Å². The van der Waals surface area contributed by atoms with Crippen LogP contribution < -0.4 is 15.6 Å². The Balaban J connectivity index is 1.72. The smallest absolute Gasteiger partial charge is 0.254 e. The predicted octanol–water partition coefficient (Wildman–Crippen LogP) is 3.27. The van der Waals surface area contributed by atoms with Crippen LogP contribution in [0.1, 0.15) is 38.4 Å². The molecule has 1 N–H and O–H groups in total. The Hall–Kier alpha value is -2.28. The Morgan fingerprint density at radius 1 is 1.38 bits per heavy atom. The van der Waals surface area contributed by atoms with Gasteiger partial charge in [0.1, 0.15) is 5.75 Å². The molecule has 0 bridgehead atoms. The number of ether oxygens (including phenoxy) is 1. The molecule has 1 unspecified atom stereocenters. The topological polar surface area (TPSA) is 73.2 Å². The van der Waals surface area contributed by atoms with Gasteiger partial charge in [-0.05, 0) is 25.5 Å². The molecule has 0 saturated heterocycles. The number of aryl methyl sites for hydroxylation is 1. The molecule has 0 spiro atoms. The maximum atomic E-state index is 12.5. The molecular formula is C19H23N3O3S. The van der Waals surface area contributed by atoms with Gasteiger partial charge in [-0.15, -0.1) is 0 Å². The van der Waals surface area contributed by atoms with E-state index in [1.165, 1.54) is 11.8 Å². The summed E-state index contributed by atoms with van der Waals surface area (Å²) in [5.74, 6) is 1.19. The zero-order valence-corrected chi connectivity index (χ0v) is 15.8. The van der Waals surface area contributed by atoms with Crippen LogP contribution in [-0.2, 0) is 11.2 Å². The van der Waals surface area contributed by atoms with Crippen LogP contribution in [0.4, 0.5) is 5.69 Å². The van der Waals surface area contributed by atoms with Crippen molar-refractivity contribution in [1.29, 1.82) is 0 Å². The lowest BCUT2D eigenvalue weighted by atomic mass is 10.2. The van der Waals surface area contributed by atoms with E-state index in [2.05, 4.69) is 17.2 Å². The third-order valence-electron chi connectivity index (χ3n) is 4.13. The van der Waals surface area contributed by atoms with E-state index >= 15 is 0 Å². The van der Waals surface area contributed by atoms with Crippen molar-refractivity contribution in [2.75, 3.05) is 17.7 Å². The summed E-state index contributed by atoms with van der Waals surface area (Å²) in [4.78, 5) is 29.5. The zero-order valence-electron chi connectivity index (χ0n) is 15.0. The first-order chi connectivity index (χ1) is 12.6. The highest BCUT2D eigenvalue weighted by Gasteiger charge is 2.27. The Bertz CT molecular complexity index is 850. The van der Waals surface area contributed by atoms with E-state index in [4.69, 9.17) is 4.74 Å². The molecule has 6 nitrogen and oxygen atoms in total. The van der Waals surface area contributed by atoms with Gasteiger partial charge in [0.2, 0.25) is 5.91 Å². The van der Waals surface area contributed by atoms with E-state index < -0.39 is 0 Å². The molecular weight excluding hydrogens is 350 g/mol. The van der Waals surface area contributed by atoms with Crippen molar-refractivity contribution in [3.8, 4) is 5.75 Å². The quantitative estimate of drug-likeness (QED) is 0.754. The molecule has 0 aliphatic carbocycles. The summed E-state index contributed by atoms with van der Waals surface area (Å²) >= 11 is 1.54. The third kappa shape index (κ3) is 4.09.